The molecule has 0 bridgehead atoms. The first kappa shape index (κ1) is 15.8. The second-order valence-electron chi connectivity index (χ2n) is 5.06. The summed E-state index contributed by atoms with van der Waals surface area (Å²) in [6.07, 6.45) is -0.693. The summed E-state index contributed by atoms with van der Waals surface area (Å²) in [5.74, 6) is 0.594. The molecule has 0 aromatic heterocycles. The maximum Gasteiger partial charge on any atom is 0.118 e. The Labute approximate surface area is 130 Å². The van der Waals surface area contributed by atoms with Gasteiger partial charge in [0.25, 0.3) is 0 Å². The van der Waals surface area contributed by atoms with Crippen molar-refractivity contribution in [3.8, 4) is 5.75 Å². The van der Waals surface area contributed by atoms with Crippen LogP contribution in [0, 0.1) is 6.92 Å². The zero-order chi connectivity index (χ0) is 15.4. The number of aryl methyl sites for hydroxylation is 1. The third kappa shape index (κ3) is 3.56. The van der Waals surface area contributed by atoms with Gasteiger partial charge in [-0.05, 0) is 47.9 Å². The lowest BCUT2D eigenvalue weighted by Crippen LogP contribution is -2.20. The lowest BCUT2D eigenvalue weighted by atomic mass is 9.87. The fourth-order valence-electron chi connectivity index (χ4n) is 2.45. The van der Waals surface area contributed by atoms with Crippen molar-refractivity contribution in [2.24, 2.45) is 5.73 Å². The SMILES string of the molecule is COc1ccc(C(CN)C(O)c2cc(Cl)ccc2C)cc1. The van der Waals surface area contributed by atoms with Gasteiger partial charge in [0.1, 0.15) is 5.75 Å². The molecule has 4 heteroatoms. The Morgan fingerprint density at radius 2 is 1.86 bits per heavy atom. The van der Waals surface area contributed by atoms with E-state index in [9.17, 15) is 5.11 Å². The largest absolute Gasteiger partial charge is 0.497 e. The van der Waals surface area contributed by atoms with Gasteiger partial charge >= 0.3 is 0 Å². The van der Waals surface area contributed by atoms with Crippen molar-refractivity contribution >= 4 is 11.6 Å². The van der Waals surface area contributed by atoms with E-state index in [2.05, 4.69) is 0 Å². The molecule has 3 nitrogen and oxygen atoms in total. The standard InChI is InChI=1S/C17H20ClNO2/c1-11-3-6-13(18)9-15(11)17(20)16(10-19)12-4-7-14(21-2)8-5-12/h3-9,16-17,20H,10,19H2,1-2H3. The predicted molar refractivity (Wildman–Crippen MR) is 85.9 cm³/mol. The number of methoxy groups -OCH3 is 1. The van der Waals surface area contributed by atoms with Gasteiger partial charge in [-0.3, -0.25) is 0 Å². The van der Waals surface area contributed by atoms with Gasteiger partial charge in [-0.15, -0.1) is 0 Å². The summed E-state index contributed by atoms with van der Waals surface area (Å²) in [4.78, 5) is 0. The summed E-state index contributed by atoms with van der Waals surface area (Å²) < 4.78 is 5.15. The average molecular weight is 306 g/mol. The molecule has 0 amide bonds. The Kier molecular flexibility index (Phi) is 5.23. The van der Waals surface area contributed by atoms with Crippen LogP contribution in [0.15, 0.2) is 42.5 Å². The van der Waals surface area contributed by atoms with Gasteiger partial charge < -0.3 is 15.6 Å². The number of rotatable bonds is 5. The van der Waals surface area contributed by atoms with Crippen molar-refractivity contribution in [3.63, 3.8) is 0 Å². The van der Waals surface area contributed by atoms with Crippen molar-refractivity contribution in [2.45, 2.75) is 18.9 Å². The molecule has 0 saturated heterocycles. The second kappa shape index (κ2) is 6.94. The van der Waals surface area contributed by atoms with Gasteiger partial charge in [0.15, 0.2) is 0 Å². The van der Waals surface area contributed by atoms with Gasteiger partial charge in [-0.2, -0.15) is 0 Å². The topological polar surface area (TPSA) is 55.5 Å². The molecule has 112 valence electrons. The van der Waals surface area contributed by atoms with E-state index in [4.69, 9.17) is 22.1 Å². The molecule has 0 saturated carbocycles. The van der Waals surface area contributed by atoms with Crippen LogP contribution in [0.2, 0.25) is 5.02 Å². The molecule has 0 spiro atoms. The number of halogens is 1. The van der Waals surface area contributed by atoms with Crippen molar-refractivity contribution in [2.75, 3.05) is 13.7 Å². The lowest BCUT2D eigenvalue weighted by molar-refractivity contribution is 0.146. The van der Waals surface area contributed by atoms with Gasteiger partial charge in [-0.25, -0.2) is 0 Å². The molecule has 0 heterocycles. The first-order valence-electron chi connectivity index (χ1n) is 6.85. The summed E-state index contributed by atoms with van der Waals surface area (Å²) in [7, 11) is 1.62. The van der Waals surface area contributed by atoms with Gasteiger partial charge in [-0.1, -0.05) is 29.8 Å². The number of hydrogen-bond acceptors (Lipinski definition) is 3. The van der Waals surface area contributed by atoms with Crippen LogP contribution in [0.3, 0.4) is 0 Å². The quantitative estimate of drug-likeness (QED) is 0.890. The minimum Gasteiger partial charge on any atom is -0.497 e. The molecule has 3 N–H and O–H groups in total. The fraction of sp³-hybridized carbons (Fsp3) is 0.294. The summed E-state index contributed by atoms with van der Waals surface area (Å²) in [6.45, 7) is 2.30. The Hall–Kier alpha value is -1.55. The summed E-state index contributed by atoms with van der Waals surface area (Å²) in [5.41, 5.74) is 8.67. The molecule has 2 rings (SSSR count). The van der Waals surface area contributed by atoms with Gasteiger partial charge in [0, 0.05) is 17.5 Å². The van der Waals surface area contributed by atoms with E-state index >= 15 is 0 Å². The minimum atomic E-state index is -0.693. The van der Waals surface area contributed by atoms with Crippen LogP contribution in [0.1, 0.15) is 28.7 Å². The molecule has 2 atom stereocenters. The fourth-order valence-corrected chi connectivity index (χ4v) is 2.63. The van der Waals surface area contributed by atoms with Gasteiger partial charge in [0.05, 0.1) is 13.2 Å². The predicted octanol–water partition coefficient (Wildman–Crippen LogP) is 3.43. The van der Waals surface area contributed by atoms with Crippen molar-refractivity contribution < 1.29 is 9.84 Å². The molecule has 0 radical (unpaired) electrons. The van der Waals surface area contributed by atoms with Crippen LogP contribution in [-0.4, -0.2) is 18.8 Å². The highest BCUT2D eigenvalue weighted by Gasteiger charge is 2.23. The van der Waals surface area contributed by atoms with Crippen molar-refractivity contribution in [1.82, 2.24) is 0 Å². The van der Waals surface area contributed by atoms with Gasteiger partial charge in [0.2, 0.25) is 0 Å². The smallest absolute Gasteiger partial charge is 0.118 e. The highest BCUT2D eigenvalue weighted by Crippen LogP contribution is 2.33. The Morgan fingerprint density at radius 3 is 2.43 bits per heavy atom. The zero-order valence-electron chi connectivity index (χ0n) is 12.2. The number of nitrogens with two attached hydrogens (primary N) is 1. The molecular formula is C17H20ClNO2. The summed E-state index contributed by atoms with van der Waals surface area (Å²) >= 11 is 6.04. The minimum absolute atomic E-state index is 0.187. The Balaban J connectivity index is 2.33. The van der Waals surface area contributed by atoms with Crippen LogP contribution >= 0.6 is 11.6 Å². The molecule has 0 aliphatic heterocycles. The van der Waals surface area contributed by atoms with Crippen LogP contribution < -0.4 is 10.5 Å². The molecule has 0 aliphatic rings. The summed E-state index contributed by atoms with van der Waals surface area (Å²) in [5, 5.41) is 11.3. The van der Waals surface area contributed by atoms with Crippen molar-refractivity contribution in [3.05, 3.63) is 64.2 Å². The number of aliphatic hydroxyl groups excluding tert-OH is 1. The second-order valence-corrected chi connectivity index (χ2v) is 5.50. The molecule has 0 fully saturated rings. The molecular weight excluding hydrogens is 286 g/mol. The first-order valence-corrected chi connectivity index (χ1v) is 7.22. The molecule has 2 unspecified atom stereocenters. The number of benzene rings is 2. The highest BCUT2D eigenvalue weighted by atomic mass is 35.5. The molecule has 0 aliphatic carbocycles. The van der Waals surface area contributed by atoms with E-state index in [0.29, 0.717) is 11.6 Å². The lowest BCUT2D eigenvalue weighted by Gasteiger charge is -2.24. The first-order chi connectivity index (χ1) is 10.1. The molecule has 2 aromatic rings. The Bertz CT molecular complexity index is 598. The number of ether oxygens (including phenoxy) is 1. The third-order valence-corrected chi connectivity index (χ3v) is 3.97. The van der Waals surface area contributed by atoms with E-state index in [1.807, 2.05) is 43.3 Å². The van der Waals surface area contributed by atoms with Crippen LogP contribution in [0.4, 0.5) is 0 Å². The van der Waals surface area contributed by atoms with Crippen LogP contribution in [0.5, 0.6) is 5.75 Å². The summed E-state index contributed by atoms with van der Waals surface area (Å²) in [6, 6.07) is 13.1. The van der Waals surface area contributed by atoms with Crippen LogP contribution in [-0.2, 0) is 0 Å². The maximum absolute atomic E-state index is 10.7. The van der Waals surface area contributed by atoms with Crippen molar-refractivity contribution in [1.29, 1.82) is 0 Å². The van der Waals surface area contributed by atoms with E-state index < -0.39 is 6.10 Å². The monoisotopic (exact) mass is 305 g/mol. The Morgan fingerprint density at radius 1 is 1.19 bits per heavy atom. The number of hydrogen-bond donors (Lipinski definition) is 2. The molecule has 2 aromatic carbocycles. The zero-order valence-corrected chi connectivity index (χ0v) is 13.0. The highest BCUT2D eigenvalue weighted by molar-refractivity contribution is 6.30. The van der Waals surface area contributed by atoms with E-state index in [1.54, 1.807) is 13.2 Å². The normalized spacial score (nSPS) is 13.8. The van der Waals surface area contributed by atoms with E-state index in [-0.39, 0.29) is 5.92 Å². The maximum atomic E-state index is 10.7. The van der Waals surface area contributed by atoms with Crippen LogP contribution in [0.25, 0.3) is 0 Å². The molecule has 21 heavy (non-hydrogen) atoms. The van der Waals surface area contributed by atoms with E-state index in [1.165, 1.54) is 0 Å². The average Bonchev–Trinajstić information content (AvgIpc) is 2.51. The third-order valence-electron chi connectivity index (χ3n) is 3.74. The number of aliphatic hydroxyl groups is 1. The van der Waals surface area contributed by atoms with E-state index in [0.717, 1.165) is 22.4 Å².